The number of carbonyl (C=O) groups is 1. The summed E-state index contributed by atoms with van der Waals surface area (Å²) < 4.78 is 32.3. The van der Waals surface area contributed by atoms with E-state index in [-0.39, 0.29) is 18.4 Å². The molecule has 96 valence electrons. The Kier molecular flexibility index (Phi) is 7.27. The molecule has 6 nitrogen and oxygen atoms in total. The Bertz CT molecular complexity index is 295. The van der Waals surface area contributed by atoms with Crippen molar-refractivity contribution in [3.05, 3.63) is 0 Å². The van der Waals surface area contributed by atoms with Crippen LogP contribution in [0.4, 0.5) is 0 Å². The van der Waals surface area contributed by atoms with Crippen LogP contribution >= 0.6 is 0 Å². The van der Waals surface area contributed by atoms with E-state index >= 15 is 0 Å². The Hall–Kier alpha value is -0.660. The summed E-state index contributed by atoms with van der Waals surface area (Å²) in [7, 11) is -0.795. The average molecular weight is 253 g/mol. The summed E-state index contributed by atoms with van der Waals surface area (Å²) in [5, 5.41) is 2.97. The SMILES string of the molecule is CCNC(COC)CS(=O)(=O)CC(=O)OC. The fraction of sp³-hybridized carbons (Fsp3) is 0.889. The molecule has 0 bridgehead atoms. The highest BCUT2D eigenvalue weighted by molar-refractivity contribution is 7.92. The third kappa shape index (κ3) is 6.76. The number of hydrogen-bond donors (Lipinski definition) is 1. The van der Waals surface area contributed by atoms with Crippen molar-refractivity contribution in [3.8, 4) is 0 Å². The third-order valence-electron chi connectivity index (χ3n) is 1.88. The molecule has 0 spiro atoms. The summed E-state index contributed by atoms with van der Waals surface area (Å²) in [6, 6.07) is -0.301. The molecule has 1 unspecified atom stereocenters. The molecule has 0 fully saturated rings. The Morgan fingerprint density at radius 3 is 2.44 bits per heavy atom. The van der Waals surface area contributed by atoms with Crippen molar-refractivity contribution in [1.29, 1.82) is 0 Å². The van der Waals surface area contributed by atoms with Crippen LogP contribution in [-0.4, -0.2) is 59.3 Å². The maximum atomic E-state index is 11.6. The van der Waals surface area contributed by atoms with Gasteiger partial charge in [0.25, 0.3) is 0 Å². The predicted octanol–water partition coefficient (Wildman–Crippen LogP) is -0.801. The summed E-state index contributed by atoms with van der Waals surface area (Å²) in [5.74, 6) is -1.47. The van der Waals surface area contributed by atoms with Crippen molar-refractivity contribution in [3.63, 3.8) is 0 Å². The summed E-state index contributed by atoms with van der Waals surface area (Å²) in [5.41, 5.74) is 0. The van der Waals surface area contributed by atoms with E-state index in [1.54, 1.807) is 0 Å². The van der Waals surface area contributed by atoms with E-state index in [9.17, 15) is 13.2 Å². The second-order valence-corrected chi connectivity index (χ2v) is 5.45. The van der Waals surface area contributed by atoms with Crippen molar-refractivity contribution in [2.75, 3.05) is 38.9 Å². The first-order valence-electron chi connectivity index (χ1n) is 4.94. The first-order chi connectivity index (χ1) is 7.45. The first-order valence-corrected chi connectivity index (χ1v) is 6.76. The normalized spacial score (nSPS) is 13.4. The molecule has 16 heavy (non-hydrogen) atoms. The van der Waals surface area contributed by atoms with E-state index in [4.69, 9.17) is 4.74 Å². The summed E-state index contributed by atoms with van der Waals surface area (Å²) in [6.45, 7) is 2.80. The number of ether oxygens (including phenoxy) is 2. The number of nitrogens with one attached hydrogen (secondary N) is 1. The fourth-order valence-corrected chi connectivity index (χ4v) is 2.68. The molecule has 1 atom stereocenters. The van der Waals surface area contributed by atoms with Crippen molar-refractivity contribution >= 4 is 15.8 Å². The van der Waals surface area contributed by atoms with Crippen LogP contribution in [0, 0.1) is 0 Å². The van der Waals surface area contributed by atoms with Gasteiger partial charge in [-0.2, -0.15) is 0 Å². The summed E-state index contributed by atoms with van der Waals surface area (Å²) in [4.78, 5) is 10.9. The highest BCUT2D eigenvalue weighted by Crippen LogP contribution is 1.97. The minimum absolute atomic E-state index is 0.135. The predicted molar refractivity (Wildman–Crippen MR) is 60.0 cm³/mol. The Morgan fingerprint density at radius 2 is 2.00 bits per heavy atom. The zero-order chi connectivity index (χ0) is 12.6. The molecule has 0 saturated heterocycles. The number of sulfone groups is 1. The highest BCUT2D eigenvalue weighted by Gasteiger charge is 2.22. The molecule has 0 rings (SSSR count). The number of esters is 1. The lowest BCUT2D eigenvalue weighted by Crippen LogP contribution is -2.40. The van der Waals surface area contributed by atoms with Gasteiger partial charge in [-0.05, 0) is 6.54 Å². The molecule has 7 heteroatoms. The second-order valence-electron chi connectivity index (χ2n) is 3.34. The van der Waals surface area contributed by atoms with Gasteiger partial charge in [0, 0.05) is 13.2 Å². The minimum atomic E-state index is -3.45. The third-order valence-corrected chi connectivity index (χ3v) is 3.47. The molecule has 0 amide bonds. The van der Waals surface area contributed by atoms with Gasteiger partial charge in [-0.25, -0.2) is 8.42 Å². The van der Waals surface area contributed by atoms with Crippen LogP contribution in [0.1, 0.15) is 6.92 Å². The van der Waals surface area contributed by atoms with Gasteiger partial charge < -0.3 is 14.8 Å². The summed E-state index contributed by atoms with van der Waals surface area (Å²) in [6.07, 6.45) is 0. The van der Waals surface area contributed by atoms with E-state index in [0.717, 1.165) is 7.11 Å². The standard InChI is InChI=1S/C9H19NO5S/c1-4-10-8(5-14-2)6-16(12,13)7-9(11)15-3/h8,10H,4-7H2,1-3H3. The largest absolute Gasteiger partial charge is 0.468 e. The fourth-order valence-electron chi connectivity index (χ4n) is 1.26. The van der Waals surface area contributed by atoms with Crippen LogP contribution < -0.4 is 5.32 Å². The molecule has 0 aliphatic carbocycles. The van der Waals surface area contributed by atoms with Crippen LogP contribution in [0.15, 0.2) is 0 Å². The molecule has 0 aromatic carbocycles. The van der Waals surface area contributed by atoms with Gasteiger partial charge in [0.15, 0.2) is 9.84 Å². The first kappa shape index (κ1) is 15.3. The average Bonchev–Trinajstić information content (AvgIpc) is 2.17. The van der Waals surface area contributed by atoms with Gasteiger partial charge in [-0.15, -0.1) is 0 Å². The van der Waals surface area contributed by atoms with E-state index in [0.29, 0.717) is 6.54 Å². The zero-order valence-electron chi connectivity index (χ0n) is 9.86. The number of carbonyl (C=O) groups excluding carboxylic acids is 1. The van der Waals surface area contributed by atoms with Crippen molar-refractivity contribution in [2.24, 2.45) is 0 Å². The molecule has 0 aromatic heterocycles. The van der Waals surface area contributed by atoms with Gasteiger partial charge in [-0.3, -0.25) is 4.79 Å². The van der Waals surface area contributed by atoms with Gasteiger partial charge in [0.05, 0.1) is 19.5 Å². The molecule has 0 aromatic rings. The molecule has 0 heterocycles. The van der Waals surface area contributed by atoms with Gasteiger partial charge >= 0.3 is 5.97 Å². The van der Waals surface area contributed by atoms with Crippen LogP contribution in [0.2, 0.25) is 0 Å². The second kappa shape index (κ2) is 7.59. The van der Waals surface area contributed by atoms with Gasteiger partial charge in [-0.1, -0.05) is 6.92 Å². The van der Waals surface area contributed by atoms with E-state index < -0.39 is 21.6 Å². The molecule has 0 aliphatic rings. The molecule has 0 saturated carbocycles. The Balaban J connectivity index is 4.35. The smallest absolute Gasteiger partial charge is 0.320 e. The molecule has 0 radical (unpaired) electrons. The van der Waals surface area contributed by atoms with Crippen LogP contribution in [0.5, 0.6) is 0 Å². The van der Waals surface area contributed by atoms with Gasteiger partial charge in [0.1, 0.15) is 5.75 Å². The summed E-state index contributed by atoms with van der Waals surface area (Å²) >= 11 is 0. The molecule has 1 N–H and O–H groups in total. The van der Waals surface area contributed by atoms with Crippen molar-refractivity contribution < 1.29 is 22.7 Å². The minimum Gasteiger partial charge on any atom is -0.468 e. The number of likely N-dealkylation sites (N-methyl/N-ethyl adjacent to an activating group) is 1. The van der Waals surface area contributed by atoms with Crippen LogP contribution in [-0.2, 0) is 24.1 Å². The van der Waals surface area contributed by atoms with Gasteiger partial charge in [0.2, 0.25) is 0 Å². The molecular weight excluding hydrogens is 234 g/mol. The quantitative estimate of drug-likeness (QED) is 0.570. The Morgan fingerprint density at radius 1 is 1.38 bits per heavy atom. The lowest BCUT2D eigenvalue weighted by molar-refractivity contribution is -0.137. The maximum Gasteiger partial charge on any atom is 0.320 e. The van der Waals surface area contributed by atoms with Crippen molar-refractivity contribution in [1.82, 2.24) is 5.32 Å². The molecular formula is C9H19NO5S. The number of methoxy groups -OCH3 is 2. The van der Waals surface area contributed by atoms with E-state index in [1.165, 1.54) is 7.11 Å². The maximum absolute atomic E-state index is 11.6. The lowest BCUT2D eigenvalue weighted by Gasteiger charge is -2.16. The van der Waals surface area contributed by atoms with Crippen LogP contribution in [0.3, 0.4) is 0 Å². The monoisotopic (exact) mass is 253 g/mol. The number of hydrogen-bond acceptors (Lipinski definition) is 6. The van der Waals surface area contributed by atoms with E-state index in [2.05, 4.69) is 10.1 Å². The molecule has 0 aliphatic heterocycles. The Labute approximate surface area is 96.2 Å². The van der Waals surface area contributed by atoms with E-state index in [1.807, 2.05) is 6.92 Å². The highest BCUT2D eigenvalue weighted by atomic mass is 32.2. The number of rotatable bonds is 8. The lowest BCUT2D eigenvalue weighted by atomic mass is 10.3. The van der Waals surface area contributed by atoms with Crippen LogP contribution in [0.25, 0.3) is 0 Å². The van der Waals surface area contributed by atoms with Crippen molar-refractivity contribution in [2.45, 2.75) is 13.0 Å². The topological polar surface area (TPSA) is 81.7 Å². The zero-order valence-corrected chi connectivity index (χ0v) is 10.7.